The number of hydrogen-bond donors (Lipinski definition) is 0. The van der Waals surface area contributed by atoms with Crippen molar-refractivity contribution in [1.82, 2.24) is 0 Å². The van der Waals surface area contributed by atoms with Gasteiger partial charge >= 0.3 is 16.5 Å². The standard InChI is InChI=1S/C10H22N2.Ni/c1-6-10(12-9(4)5)7-11-8(2)3;/h8-10H,6-7H2,1-5H3;/q-2;+2. The molecule has 0 aromatic rings. The van der Waals surface area contributed by atoms with Crippen molar-refractivity contribution < 1.29 is 16.5 Å². The maximum absolute atomic E-state index is 4.57. The zero-order valence-electron chi connectivity index (χ0n) is 9.36. The van der Waals surface area contributed by atoms with Crippen LogP contribution in [0.2, 0.25) is 0 Å². The van der Waals surface area contributed by atoms with Gasteiger partial charge in [-0.25, -0.2) is 0 Å². The quantitative estimate of drug-likeness (QED) is 0.625. The topological polar surface area (TPSA) is 28.2 Å². The molecule has 0 rings (SSSR count). The second-order valence-corrected chi connectivity index (χ2v) is 3.76. The fourth-order valence-electron chi connectivity index (χ4n) is 1.04. The van der Waals surface area contributed by atoms with Crippen molar-refractivity contribution in [1.29, 1.82) is 0 Å². The van der Waals surface area contributed by atoms with Crippen LogP contribution in [0.5, 0.6) is 0 Å². The molecule has 0 spiro atoms. The Bertz CT molecular complexity index is 105. The average molecular weight is 229 g/mol. The van der Waals surface area contributed by atoms with Crippen molar-refractivity contribution in [3.05, 3.63) is 10.6 Å². The van der Waals surface area contributed by atoms with Crippen LogP contribution in [0.4, 0.5) is 0 Å². The van der Waals surface area contributed by atoms with Crippen LogP contribution in [0.15, 0.2) is 0 Å². The molecule has 82 valence electrons. The van der Waals surface area contributed by atoms with Gasteiger partial charge < -0.3 is 10.6 Å². The van der Waals surface area contributed by atoms with Gasteiger partial charge in [-0.3, -0.25) is 0 Å². The number of hydrogen-bond acceptors (Lipinski definition) is 0. The van der Waals surface area contributed by atoms with Crippen molar-refractivity contribution in [2.24, 2.45) is 0 Å². The second kappa shape index (κ2) is 8.99. The van der Waals surface area contributed by atoms with E-state index in [9.17, 15) is 0 Å². The predicted molar refractivity (Wildman–Crippen MR) is 55.9 cm³/mol. The SMILES string of the molecule is CCC(C[N-]C(C)C)[N-]C(C)C.[Ni+2]. The smallest absolute Gasteiger partial charge is 0.661 e. The minimum Gasteiger partial charge on any atom is -0.661 e. The molecule has 2 nitrogen and oxygen atoms in total. The molecular weight excluding hydrogens is 207 g/mol. The maximum Gasteiger partial charge on any atom is 2.00 e. The van der Waals surface area contributed by atoms with Gasteiger partial charge in [0.2, 0.25) is 0 Å². The summed E-state index contributed by atoms with van der Waals surface area (Å²) in [5, 5.41) is 9.03. The van der Waals surface area contributed by atoms with E-state index in [0.717, 1.165) is 13.0 Å². The van der Waals surface area contributed by atoms with Gasteiger partial charge in [-0.1, -0.05) is 41.0 Å². The molecule has 1 unspecified atom stereocenters. The Hall–Kier alpha value is 0.414. The molecule has 0 heterocycles. The van der Waals surface area contributed by atoms with Crippen molar-refractivity contribution in [2.75, 3.05) is 6.54 Å². The Morgan fingerprint density at radius 1 is 1.00 bits per heavy atom. The van der Waals surface area contributed by atoms with Crippen LogP contribution >= 0.6 is 0 Å². The Labute approximate surface area is 93.2 Å². The van der Waals surface area contributed by atoms with Crippen molar-refractivity contribution in [3.8, 4) is 0 Å². The van der Waals surface area contributed by atoms with Crippen LogP contribution < -0.4 is 0 Å². The van der Waals surface area contributed by atoms with E-state index in [0.29, 0.717) is 18.1 Å². The van der Waals surface area contributed by atoms with Crippen molar-refractivity contribution >= 4 is 0 Å². The van der Waals surface area contributed by atoms with Crippen molar-refractivity contribution in [2.45, 2.75) is 59.2 Å². The predicted octanol–water partition coefficient (Wildman–Crippen LogP) is 3.33. The molecule has 0 amide bonds. The maximum atomic E-state index is 4.57. The van der Waals surface area contributed by atoms with Crippen LogP contribution in [0.1, 0.15) is 41.0 Å². The van der Waals surface area contributed by atoms with Crippen LogP contribution in [0.25, 0.3) is 10.6 Å². The molecule has 1 atom stereocenters. The molecule has 0 aromatic heterocycles. The van der Waals surface area contributed by atoms with Crippen LogP contribution in [-0.2, 0) is 16.5 Å². The first-order valence-corrected chi connectivity index (χ1v) is 4.92. The summed E-state index contributed by atoms with van der Waals surface area (Å²) in [5.74, 6) is 0. The largest absolute Gasteiger partial charge is 2.00 e. The summed E-state index contributed by atoms with van der Waals surface area (Å²) < 4.78 is 0. The summed E-state index contributed by atoms with van der Waals surface area (Å²) in [6.07, 6.45) is 1.11. The third-order valence-corrected chi connectivity index (χ3v) is 1.66. The normalized spacial score (nSPS) is 13.2. The molecule has 0 aromatic carbocycles. The molecule has 0 saturated heterocycles. The van der Waals surface area contributed by atoms with Gasteiger partial charge in [0.1, 0.15) is 0 Å². The van der Waals surface area contributed by atoms with E-state index in [-0.39, 0.29) is 16.5 Å². The third-order valence-electron chi connectivity index (χ3n) is 1.66. The van der Waals surface area contributed by atoms with Crippen LogP contribution in [0.3, 0.4) is 0 Å². The van der Waals surface area contributed by atoms with E-state index in [4.69, 9.17) is 0 Å². The van der Waals surface area contributed by atoms with Gasteiger partial charge in [0.15, 0.2) is 0 Å². The third kappa shape index (κ3) is 10.3. The van der Waals surface area contributed by atoms with Crippen molar-refractivity contribution in [3.63, 3.8) is 0 Å². The van der Waals surface area contributed by atoms with E-state index in [2.05, 4.69) is 45.3 Å². The minimum atomic E-state index is 0. The van der Waals surface area contributed by atoms with Crippen LogP contribution in [-0.4, -0.2) is 24.7 Å². The fraction of sp³-hybridized carbons (Fsp3) is 1.00. The minimum absolute atomic E-state index is 0. The molecule has 13 heavy (non-hydrogen) atoms. The second-order valence-electron chi connectivity index (χ2n) is 3.76. The average Bonchev–Trinajstić information content (AvgIpc) is 1.97. The zero-order valence-corrected chi connectivity index (χ0v) is 10.3. The van der Waals surface area contributed by atoms with Gasteiger partial charge in [-0.05, 0) is 0 Å². The summed E-state index contributed by atoms with van der Waals surface area (Å²) in [7, 11) is 0. The van der Waals surface area contributed by atoms with Gasteiger partial charge in [0.25, 0.3) is 0 Å². The van der Waals surface area contributed by atoms with E-state index in [1.54, 1.807) is 0 Å². The molecule has 0 aliphatic heterocycles. The zero-order chi connectivity index (χ0) is 9.56. The summed E-state index contributed by atoms with van der Waals surface area (Å²) in [5.41, 5.74) is 0. The Morgan fingerprint density at radius 2 is 1.54 bits per heavy atom. The molecule has 0 radical (unpaired) electrons. The van der Waals surface area contributed by atoms with Crippen LogP contribution in [0, 0.1) is 0 Å². The first-order chi connectivity index (χ1) is 5.56. The van der Waals surface area contributed by atoms with Gasteiger partial charge in [-0.15, -0.1) is 12.1 Å². The monoisotopic (exact) mass is 228 g/mol. The first-order valence-electron chi connectivity index (χ1n) is 4.92. The molecular formula is C10H22N2Ni. The Kier molecular flexibility index (Phi) is 11.0. The summed E-state index contributed by atoms with van der Waals surface area (Å²) in [6, 6.07) is 1.33. The summed E-state index contributed by atoms with van der Waals surface area (Å²) >= 11 is 0. The van der Waals surface area contributed by atoms with E-state index >= 15 is 0 Å². The first kappa shape index (κ1) is 15.9. The number of nitrogens with zero attached hydrogens (tertiary/aromatic N) is 2. The van der Waals surface area contributed by atoms with Gasteiger partial charge in [0, 0.05) is 0 Å². The molecule has 0 N–H and O–H groups in total. The Balaban J connectivity index is 0. The molecule has 0 aliphatic carbocycles. The van der Waals surface area contributed by atoms with E-state index in [1.807, 2.05) is 0 Å². The molecule has 0 bridgehead atoms. The fourth-order valence-corrected chi connectivity index (χ4v) is 1.04. The Morgan fingerprint density at radius 3 is 1.85 bits per heavy atom. The van der Waals surface area contributed by atoms with Gasteiger partial charge in [-0.2, -0.15) is 12.6 Å². The summed E-state index contributed by atoms with van der Waals surface area (Å²) in [4.78, 5) is 0. The molecule has 3 heteroatoms. The van der Waals surface area contributed by atoms with E-state index < -0.39 is 0 Å². The molecule has 0 saturated carbocycles. The van der Waals surface area contributed by atoms with E-state index in [1.165, 1.54) is 0 Å². The van der Waals surface area contributed by atoms with Gasteiger partial charge in [0.05, 0.1) is 0 Å². The molecule has 0 aliphatic rings. The molecule has 0 fully saturated rings. The summed E-state index contributed by atoms with van der Waals surface area (Å²) in [6.45, 7) is 11.5. The number of rotatable bonds is 6.